The number of hydrazine groups is 1. The maximum atomic E-state index is 5.35. The molecule has 0 spiro atoms. The Morgan fingerprint density at radius 2 is 2.00 bits per heavy atom. The monoisotopic (exact) mass is 190 g/mol. The summed E-state index contributed by atoms with van der Waals surface area (Å²) in [5.41, 5.74) is 3.55. The first-order valence-electron chi connectivity index (χ1n) is 4.75. The number of nitrogens with zero attached hydrogens (tertiary/aromatic N) is 1. The molecule has 1 saturated carbocycles. The first-order valence-corrected chi connectivity index (χ1v) is 4.75. The Labute approximate surface area is 83.2 Å². The van der Waals surface area contributed by atoms with Crippen molar-refractivity contribution in [3.8, 4) is 0 Å². The normalized spacial score (nSPS) is 16.5. The highest BCUT2D eigenvalue weighted by Gasteiger charge is 2.20. The van der Waals surface area contributed by atoms with Gasteiger partial charge in [-0.1, -0.05) is 18.2 Å². The van der Waals surface area contributed by atoms with Gasteiger partial charge >= 0.3 is 0 Å². The Hall–Kier alpha value is -1.55. The second kappa shape index (κ2) is 4.11. The first-order chi connectivity index (χ1) is 6.88. The highest BCUT2D eigenvalue weighted by atomic mass is 15.3. The van der Waals surface area contributed by atoms with Gasteiger partial charge in [-0.15, -0.1) is 0 Å². The van der Waals surface area contributed by atoms with Gasteiger partial charge in [0.2, 0.25) is 5.96 Å². The number of guanidine groups is 1. The molecule has 4 N–H and O–H groups in total. The number of rotatable bonds is 2. The van der Waals surface area contributed by atoms with Crippen LogP contribution in [0, 0.1) is 0 Å². The molecule has 1 aromatic rings. The lowest BCUT2D eigenvalue weighted by Gasteiger charge is -2.08. The standard InChI is InChI=1S/C10H14N4/c11-14-10(13-9-6-7-9)12-8-4-2-1-3-5-8/h1-5,9H,6-7,11H2,(H2,12,13,14). The van der Waals surface area contributed by atoms with Crippen LogP contribution in [0.4, 0.5) is 5.69 Å². The molecule has 1 aliphatic carbocycles. The summed E-state index contributed by atoms with van der Waals surface area (Å²) >= 11 is 0. The van der Waals surface area contributed by atoms with E-state index < -0.39 is 0 Å². The molecule has 0 heterocycles. The lowest BCUT2D eigenvalue weighted by Crippen LogP contribution is -2.36. The summed E-state index contributed by atoms with van der Waals surface area (Å²) in [7, 11) is 0. The fourth-order valence-electron chi connectivity index (χ4n) is 1.15. The number of hydrogen-bond acceptors (Lipinski definition) is 2. The Balaban J connectivity index is 2.00. The second-order valence-corrected chi connectivity index (χ2v) is 3.34. The van der Waals surface area contributed by atoms with Gasteiger partial charge in [-0.2, -0.15) is 0 Å². The van der Waals surface area contributed by atoms with Gasteiger partial charge in [-0.05, 0) is 25.0 Å². The summed E-state index contributed by atoms with van der Waals surface area (Å²) in [6.07, 6.45) is 2.34. The van der Waals surface area contributed by atoms with Crippen LogP contribution in [0.2, 0.25) is 0 Å². The van der Waals surface area contributed by atoms with Crippen molar-refractivity contribution in [1.29, 1.82) is 0 Å². The first kappa shape index (κ1) is 9.02. The zero-order valence-corrected chi connectivity index (χ0v) is 7.90. The molecular weight excluding hydrogens is 176 g/mol. The molecule has 0 aromatic heterocycles. The third kappa shape index (κ3) is 2.47. The molecule has 0 radical (unpaired) electrons. The molecule has 74 valence electrons. The van der Waals surface area contributed by atoms with Crippen LogP contribution in [0.3, 0.4) is 0 Å². The van der Waals surface area contributed by atoms with Crippen LogP contribution >= 0.6 is 0 Å². The summed E-state index contributed by atoms with van der Waals surface area (Å²) in [4.78, 5) is 4.37. The topological polar surface area (TPSA) is 62.4 Å². The van der Waals surface area contributed by atoms with Crippen molar-refractivity contribution in [3.05, 3.63) is 30.3 Å². The van der Waals surface area contributed by atoms with Crippen LogP contribution in [-0.2, 0) is 0 Å². The van der Waals surface area contributed by atoms with Crippen LogP contribution < -0.4 is 16.6 Å². The van der Waals surface area contributed by atoms with Crippen molar-refractivity contribution in [2.75, 3.05) is 5.32 Å². The van der Waals surface area contributed by atoms with Gasteiger partial charge in [0.25, 0.3) is 0 Å². The third-order valence-corrected chi connectivity index (χ3v) is 2.03. The van der Waals surface area contributed by atoms with Crippen LogP contribution in [0.15, 0.2) is 35.3 Å². The van der Waals surface area contributed by atoms with E-state index in [0.29, 0.717) is 12.0 Å². The van der Waals surface area contributed by atoms with Gasteiger partial charge in [-0.3, -0.25) is 5.43 Å². The van der Waals surface area contributed by atoms with Crippen molar-refractivity contribution in [1.82, 2.24) is 5.43 Å². The highest BCUT2D eigenvalue weighted by molar-refractivity contribution is 5.93. The van der Waals surface area contributed by atoms with E-state index in [9.17, 15) is 0 Å². The number of aliphatic imine (C=N–C) groups is 1. The van der Waals surface area contributed by atoms with Crippen molar-refractivity contribution < 1.29 is 0 Å². The number of benzene rings is 1. The minimum atomic E-state index is 0.456. The summed E-state index contributed by atoms with van der Waals surface area (Å²) < 4.78 is 0. The lowest BCUT2D eigenvalue weighted by molar-refractivity contribution is 0.966. The summed E-state index contributed by atoms with van der Waals surface area (Å²) in [5, 5.41) is 3.11. The van der Waals surface area contributed by atoms with E-state index in [4.69, 9.17) is 5.84 Å². The molecule has 0 bridgehead atoms. The van der Waals surface area contributed by atoms with Crippen LogP contribution in [0.1, 0.15) is 12.8 Å². The van der Waals surface area contributed by atoms with Crippen molar-refractivity contribution >= 4 is 11.6 Å². The average molecular weight is 190 g/mol. The Morgan fingerprint density at radius 1 is 1.29 bits per heavy atom. The van der Waals surface area contributed by atoms with E-state index >= 15 is 0 Å². The number of para-hydroxylation sites is 1. The number of nitrogens with two attached hydrogens (primary N) is 1. The minimum Gasteiger partial charge on any atom is -0.325 e. The van der Waals surface area contributed by atoms with E-state index in [-0.39, 0.29) is 0 Å². The molecule has 1 aromatic carbocycles. The van der Waals surface area contributed by atoms with Crippen molar-refractivity contribution in [3.63, 3.8) is 0 Å². The van der Waals surface area contributed by atoms with E-state index in [1.54, 1.807) is 0 Å². The summed E-state index contributed by atoms with van der Waals surface area (Å²) in [6, 6.07) is 10.3. The lowest BCUT2D eigenvalue weighted by atomic mass is 10.3. The second-order valence-electron chi connectivity index (χ2n) is 3.34. The number of hydrogen-bond donors (Lipinski definition) is 3. The van der Waals surface area contributed by atoms with E-state index in [2.05, 4.69) is 15.7 Å². The highest BCUT2D eigenvalue weighted by Crippen LogP contribution is 2.23. The summed E-state index contributed by atoms with van der Waals surface area (Å²) in [6.45, 7) is 0. The Bertz CT molecular complexity index is 316. The molecule has 0 aliphatic heterocycles. The number of nitrogens with one attached hydrogen (secondary N) is 2. The van der Waals surface area contributed by atoms with Gasteiger partial charge in [0, 0.05) is 5.69 Å². The van der Waals surface area contributed by atoms with Crippen LogP contribution in [-0.4, -0.2) is 12.0 Å². The predicted octanol–water partition coefficient (Wildman–Crippen LogP) is 1.08. The smallest absolute Gasteiger partial charge is 0.210 e. The zero-order chi connectivity index (χ0) is 9.80. The SMILES string of the molecule is NNC(=NC1CC1)Nc1ccccc1. The molecule has 4 heteroatoms. The van der Waals surface area contributed by atoms with Gasteiger partial charge < -0.3 is 5.32 Å². The van der Waals surface area contributed by atoms with Crippen molar-refractivity contribution in [2.24, 2.45) is 10.8 Å². The van der Waals surface area contributed by atoms with Crippen molar-refractivity contribution in [2.45, 2.75) is 18.9 Å². The zero-order valence-electron chi connectivity index (χ0n) is 7.90. The van der Waals surface area contributed by atoms with Gasteiger partial charge in [0.1, 0.15) is 0 Å². The molecule has 0 amide bonds. The minimum absolute atomic E-state index is 0.456. The maximum Gasteiger partial charge on any atom is 0.210 e. The average Bonchev–Trinajstić information content (AvgIpc) is 3.02. The quantitative estimate of drug-likeness (QED) is 0.283. The van der Waals surface area contributed by atoms with E-state index in [1.807, 2.05) is 30.3 Å². The molecule has 1 fully saturated rings. The van der Waals surface area contributed by atoms with E-state index in [1.165, 1.54) is 12.8 Å². The molecule has 2 rings (SSSR count). The van der Waals surface area contributed by atoms with Gasteiger partial charge in [0.05, 0.1) is 6.04 Å². The Kier molecular flexibility index (Phi) is 2.65. The van der Waals surface area contributed by atoms with Gasteiger partial charge in [0.15, 0.2) is 0 Å². The molecule has 14 heavy (non-hydrogen) atoms. The molecule has 0 atom stereocenters. The largest absolute Gasteiger partial charge is 0.325 e. The predicted molar refractivity (Wildman–Crippen MR) is 57.8 cm³/mol. The fourth-order valence-corrected chi connectivity index (χ4v) is 1.15. The van der Waals surface area contributed by atoms with E-state index in [0.717, 1.165) is 5.69 Å². The van der Waals surface area contributed by atoms with Gasteiger partial charge in [-0.25, -0.2) is 10.8 Å². The third-order valence-electron chi connectivity index (χ3n) is 2.03. The van der Waals surface area contributed by atoms with Crippen LogP contribution in [0.25, 0.3) is 0 Å². The molecule has 4 nitrogen and oxygen atoms in total. The van der Waals surface area contributed by atoms with Crippen LogP contribution in [0.5, 0.6) is 0 Å². The summed E-state index contributed by atoms with van der Waals surface area (Å²) in [5.74, 6) is 5.99. The molecule has 0 unspecified atom stereocenters. The Morgan fingerprint density at radius 3 is 2.57 bits per heavy atom. The number of anilines is 1. The molecular formula is C10H14N4. The fraction of sp³-hybridized carbons (Fsp3) is 0.300. The molecule has 0 saturated heterocycles. The maximum absolute atomic E-state index is 5.35. The molecule has 1 aliphatic rings.